The fourth-order valence-electron chi connectivity index (χ4n) is 14.2. The molecular formula is C69H79BN2. The number of hydrogen-bond donors (Lipinski definition) is 0. The van der Waals surface area contributed by atoms with Crippen LogP contribution in [0, 0.1) is 6.92 Å². The van der Waals surface area contributed by atoms with Crippen LogP contribution in [0.3, 0.4) is 0 Å². The zero-order chi connectivity index (χ0) is 51.6. The summed E-state index contributed by atoms with van der Waals surface area (Å²) in [5, 5.41) is 0. The van der Waals surface area contributed by atoms with E-state index in [9.17, 15) is 0 Å². The Labute approximate surface area is 434 Å². The van der Waals surface area contributed by atoms with E-state index < -0.39 is 0 Å². The monoisotopic (exact) mass is 947 g/mol. The highest BCUT2D eigenvalue weighted by atomic mass is 15.2. The third kappa shape index (κ3) is 7.56. The van der Waals surface area contributed by atoms with E-state index in [1.54, 1.807) is 0 Å². The van der Waals surface area contributed by atoms with Crippen molar-refractivity contribution in [1.82, 2.24) is 0 Å². The first-order chi connectivity index (χ1) is 33.5. The summed E-state index contributed by atoms with van der Waals surface area (Å²) in [6.45, 7) is 43.1. The maximum Gasteiger partial charge on any atom is 0.252 e. The van der Waals surface area contributed by atoms with Crippen molar-refractivity contribution >= 4 is 57.2 Å². The van der Waals surface area contributed by atoms with Gasteiger partial charge in [0.1, 0.15) is 0 Å². The van der Waals surface area contributed by atoms with E-state index in [4.69, 9.17) is 0 Å². The first kappa shape index (κ1) is 48.5. The largest absolute Gasteiger partial charge is 0.311 e. The number of nitrogens with zero attached hydrogens (tertiary/aromatic N) is 2. The second kappa shape index (κ2) is 15.6. The van der Waals surface area contributed by atoms with Crippen LogP contribution in [0.1, 0.15) is 175 Å². The highest BCUT2D eigenvalue weighted by Crippen LogP contribution is 2.56. The summed E-state index contributed by atoms with van der Waals surface area (Å²) in [6, 6.07) is 51.3. The standard InChI is InChI=1S/C69H79BN2/c1-42-21-19-20-22-49(42)44-33-60-62-61(34-44)72(57-31-27-46(64(5,6)7)35-50(57)43-23-25-45(26-24-43)63(2,3)4)58-32-28-47(65(8,9)10)36-55(58)70(62)56-38-53-54(69(17,18)41-68(53,15)16)39-59(56)71(60)48-29-30-51-52(37-48)67(13,14)40-66(51,11)12/h19-39H,40-41H2,1-18H3. The van der Waals surface area contributed by atoms with Gasteiger partial charge in [0.15, 0.2) is 0 Å². The van der Waals surface area contributed by atoms with E-state index in [-0.39, 0.29) is 44.6 Å². The number of rotatable bonds is 4. The summed E-state index contributed by atoms with van der Waals surface area (Å²) in [5.41, 5.74) is 28.1. The minimum Gasteiger partial charge on any atom is -0.311 e. The minimum absolute atomic E-state index is 0.00120. The van der Waals surface area contributed by atoms with E-state index >= 15 is 0 Å². The quantitative estimate of drug-likeness (QED) is 0.162. The van der Waals surface area contributed by atoms with Crippen molar-refractivity contribution in [3.8, 4) is 22.3 Å². The number of anilines is 6. The van der Waals surface area contributed by atoms with Crippen LogP contribution in [0.2, 0.25) is 0 Å². The van der Waals surface area contributed by atoms with Crippen molar-refractivity contribution in [2.24, 2.45) is 0 Å². The topological polar surface area (TPSA) is 6.48 Å². The van der Waals surface area contributed by atoms with Crippen molar-refractivity contribution in [1.29, 1.82) is 0 Å². The number of aryl methyl sites for hydroxylation is 1. The lowest BCUT2D eigenvalue weighted by Crippen LogP contribution is -2.61. The molecule has 2 aliphatic heterocycles. The van der Waals surface area contributed by atoms with Crippen LogP contribution in [0.15, 0.2) is 127 Å². The highest BCUT2D eigenvalue weighted by molar-refractivity contribution is 7.00. The summed E-state index contributed by atoms with van der Waals surface area (Å²) in [4.78, 5) is 5.39. The number of fused-ring (bicyclic) bond motifs is 6. The molecule has 7 aromatic carbocycles. The van der Waals surface area contributed by atoms with E-state index in [1.807, 2.05) is 0 Å². The lowest BCUT2D eigenvalue weighted by molar-refractivity contribution is 0.403. The molecule has 72 heavy (non-hydrogen) atoms. The summed E-state index contributed by atoms with van der Waals surface area (Å²) < 4.78 is 0. The van der Waals surface area contributed by atoms with Crippen LogP contribution >= 0.6 is 0 Å². The molecule has 4 aliphatic rings. The molecule has 0 fully saturated rings. The number of hydrogen-bond acceptors (Lipinski definition) is 2. The van der Waals surface area contributed by atoms with E-state index in [0.29, 0.717) is 0 Å². The van der Waals surface area contributed by atoms with Crippen LogP contribution in [0.5, 0.6) is 0 Å². The second-order valence-electron chi connectivity index (χ2n) is 28.3. The molecular weight excluding hydrogens is 868 g/mol. The lowest BCUT2D eigenvalue weighted by Gasteiger charge is -2.46. The van der Waals surface area contributed by atoms with Crippen LogP contribution in [0.4, 0.5) is 34.1 Å². The highest BCUT2D eigenvalue weighted by Gasteiger charge is 2.49. The maximum atomic E-state index is 2.71. The Morgan fingerprint density at radius 2 is 0.889 bits per heavy atom. The van der Waals surface area contributed by atoms with Gasteiger partial charge in [-0.05, 0) is 184 Å². The first-order valence-corrected chi connectivity index (χ1v) is 27.0. The summed E-state index contributed by atoms with van der Waals surface area (Å²) in [5.74, 6) is 0. The van der Waals surface area contributed by atoms with Crippen molar-refractivity contribution in [3.63, 3.8) is 0 Å². The van der Waals surface area contributed by atoms with Gasteiger partial charge in [-0.15, -0.1) is 0 Å². The summed E-state index contributed by atoms with van der Waals surface area (Å²) in [7, 11) is 0. The molecule has 0 aromatic heterocycles. The molecule has 0 spiro atoms. The smallest absolute Gasteiger partial charge is 0.252 e. The van der Waals surface area contributed by atoms with E-state index in [0.717, 1.165) is 12.8 Å². The Hall–Kier alpha value is -5.80. The molecule has 3 heteroatoms. The van der Waals surface area contributed by atoms with Crippen molar-refractivity contribution in [2.45, 2.75) is 175 Å². The van der Waals surface area contributed by atoms with Gasteiger partial charge in [-0.3, -0.25) is 0 Å². The Kier molecular flexibility index (Phi) is 10.5. The van der Waals surface area contributed by atoms with Gasteiger partial charge in [0.25, 0.3) is 6.71 Å². The van der Waals surface area contributed by atoms with Gasteiger partial charge in [0.05, 0.1) is 5.69 Å². The average molecular weight is 947 g/mol. The first-order valence-electron chi connectivity index (χ1n) is 27.0. The van der Waals surface area contributed by atoms with Gasteiger partial charge in [-0.1, -0.05) is 197 Å². The zero-order valence-corrected chi connectivity index (χ0v) is 47.0. The molecule has 2 aliphatic carbocycles. The van der Waals surface area contributed by atoms with Gasteiger partial charge < -0.3 is 9.80 Å². The molecule has 0 saturated heterocycles. The molecule has 368 valence electrons. The average Bonchev–Trinajstić information content (AvgIpc) is 3.60. The molecule has 0 amide bonds. The van der Waals surface area contributed by atoms with Gasteiger partial charge in [-0.25, -0.2) is 0 Å². The molecule has 0 atom stereocenters. The van der Waals surface area contributed by atoms with Crippen LogP contribution in [-0.4, -0.2) is 6.71 Å². The Morgan fingerprint density at radius 3 is 1.49 bits per heavy atom. The summed E-state index contributed by atoms with van der Waals surface area (Å²) >= 11 is 0. The normalized spacial score (nSPS) is 17.8. The van der Waals surface area contributed by atoms with Crippen LogP contribution < -0.4 is 26.2 Å². The van der Waals surface area contributed by atoms with Crippen molar-refractivity contribution in [3.05, 3.63) is 172 Å². The van der Waals surface area contributed by atoms with Gasteiger partial charge in [-0.2, -0.15) is 0 Å². The van der Waals surface area contributed by atoms with Gasteiger partial charge in [0.2, 0.25) is 0 Å². The Bertz CT molecular complexity index is 3370. The fourth-order valence-corrected chi connectivity index (χ4v) is 14.2. The molecule has 2 heterocycles. The second-order valence-corrected chi connectivity index (χ2v) is 28.3. The molecule has 0 bridgehead atoms. The zero-order valence-electron chi connectivity index (χ0n) is 47.0. The Morgan fingerprint density at radius 1 is 0.389 bits per heavy atom. The van der Waals surface area contributed by atoms with E-state index in [1.165, 1.54) is 117 Å². The Balaban J connectivity index is 1.30. The molecule has 0 unspecified atom stereocenters. The van der Waals surface area contributed by atoms with Crippen molar-refractivity contribution < 1.29 is 0 Å². The molecule has 0 N–H and O–H groups in total. The van der Waals surface area contributed by atoms with Gasteiger partial charge >= 0.3 is 0 Å². The third-order valence-electron chi connectivity index (χ3n) is 17.6. The number of benzene rings is 7. The van der Waals surface area contributed by atoms with Crippen molar-refractivity contribution in [2.75, 3.05) is 9.80 Å². The molecule has 0 radical (unpaired) electrons. The predicted octanol–water partition coefficient (Wildman–Crippen LogP) is 17.2. The lowest BCUT2D eigenvalue weighted by atomic mass is 9.33. The van der Waals surface area contributed by atoms with Crippen LogP contribution in [-0.2, 0) is 37.9 Å². The fraction of sp³-hybridized carbons (Fsp3) is 0.391. The summed E-state index contributed by atoms with van der Waals surface area (Å²) in [6.07, 6.45) is 2.24. The molecule has 7 aromatic rings. The molecule has 0 saturated carbocycles. The third-order valence-corrected chi connectivity index (χ3v) is 17.6. The van der Waals surface area contributed by atoms with Crippen LogP contribution in [0.25, 0.3) is 22.3 Å². The minimum atomic E-state index is -0.0511. The maximum absolute atomic E-state index is 2.71. The molecule has 2 nitrogen and oxygen atoms in total. The SMILES string of the molecule is Cc1ccccc1-c1cc2c3c(c1)N(c1ccc(C(C)(C)C)cc1-c1ccc(C(C)(C)C)cc1)c1ccc(C(C)(C)C)cc1B3c1cc3c(cc1N2c1ccc2c(c1)C(C)(C)CC2(C)C)C(C)(C)CC3(C)C. The predicted molar refractivity (Wildman–Crippen MR) is 314 cm³/mol. The van der Waals surface area contributed by atoms with Gasteiger partial charge in [0, 0.05) is 34.0 Å². The van der Waals surface area contributed by atoms with E-state index in [2.05, 4.69) is 262 Å². The molecule has 11 rings (SSSR count).